The van der Waals surface area contributed by atoms with Crippen molar-refractivity contribution in [2.45, 2.75) is 45.4 Å². The zero-order valence-corrected chi connectivity index (χ0v) is 14.2. The topological polar surface area (TPSA) is 32.8 Å². The average Bonchev–Trinajstić information content (AvgIpc) is 2.54. The first-order valence-electron chi connectivity index (χ1n) is 8.12. The largest absolute Gasteiger partial charge is 0.380 e. The summed E-state index contributed by atoms with van der Waals surface area (Å²) in [5.41, 5.74) is 1.85. The molecular formula is C18H28N2O2. The predicted molar refractivity (Wildman–Crippen MR) is 89.0 cm³/mol. The van der Waals surface area contributed by atoms with Crippen molar-refractivity contribution in [1.82, 2.24) is 9.80 Å². The summed E-state index contributed by atoms with van der Waals surface area (Å²) in [5.74, 6) is 0.118. The summed E-state index contributed by atoms with van der Waals surface area (Å²) in [7, 11) is 3.61. The number of carbonyl (C=O) groups is 1. The zero-order valence-electron chi connectivity index (χ0n) is 14.2. The minimum absolute atomic E-state index is 0.118. The van der Waals surface area contributed by atoms with Gasteiger partial charge in [0.05, 0.1) is 6.61 Å². The van der Waals surface area contributed by atoms with Crippen molar-refractivity contribution in [2.75, 3.05) is 27.2 Å². The van der Waals surface area contributed by atoms with Gasteiger partial charge in [-0.25, -0.2) is 0 Å². The third-order valence-electron chi connectivity index (χ3n) is 4.61. The lowest BCUT2D eigenvalue weighted by Crippen LogP contribution is -2.47. The molecule has 1 saturated heterocycles. The molecule has 0 radical (unpaired) electrons. The molecule has 1 aromatic carbocycles. The van der Waals surface area contributed by atoms with Crippen molar-refractivity contribution in [2.24, 2.45) is 0 Å². The molecule has 1 aromatic rings. The Hall–Kier alpha value is -1.39. The maximum Gasteiger partial charge on any atom is 0.253 e. The van der Waals surface area contributed by atoms with Gasteiger partial charge in [-0.1, -0.05) is 12.1 Å². The second-order valence-electron chi connectivity index (χ2n) is 6.41. The summed E-state index contributed by atoms with van der Waals surface area (Å²) in [6, 6.07) is 8.67. The minimum Gasteiger partial charge on any atom is -0.380 e. The van der Waals surface area contributed by atoms with Crippen LogP contribution in [0.15, 0.2) is 24.3 Å². The van der Waals surface area contributed by atoms with E-state index in [0.717, 1.165) is 37.1 Å². The molecule has 0 bridgehead atoms. The summed E-state index contributed by atoms with van der Waals surface area (Å²) >= 11 is 0. The molecule has 0 saturated carbocycles. The quantitative estimate of drug-likeness (QED) is 0.838. The van der Waals surface area contributed by atoms with Gasteiger partial charge < -0.3 is 14.5 Å². The number of piperidine rings is 1. The van der Waals surface area contributed by atoms with Crippen molar-refractivity contribution >= 4 is 5.91 Å². The first kappa shape index (κ1) is 17.0. The first-order valence-corrected chi connectivity index (χ1v) is 8.12. The lowest BCUT2D eigenvalue weighted by Gasteiger charge is -2.38. The molecular weight excluding hydrogens is 276 g/mol. The van der Waals surface area contributed by atoms with Gasteiger partial charge >= 0.3 is 0 Å². The summed E-state index contributed by atoms with van der Waals surface area (Å²) in [5, 5.41) is 0. The fourth-order valence-corrected chi connectivity index (χ4v) is 3.07. The van der Waals surface area contributed by atoms with Crippen molar-refractivity contribution in [3.05, 3.63) is 35.4 Å². The van der Waals surface area contributed by atoms with Crippen LogP contribution in [0.4, 0.5) is 0 Å². The van der Waals surface area contributed by atoms with E-state index in [1.165, 1.54) is 0 Å². The number of rotatable bonds is 5. The fourth-order valence-electron chi connectivity index (χ4n) is 3.07. The van der Waals surface area contributed by atoms with E-state index in [0.29, 0.717) is 18.7 Å². The second-order valence-corrected chi connectivity index (χ2v) is 6.41. The Labute approximate surface area is 134 Å². The SMILES string of the molecule is COCc1ccc(C(=O)N(C)C2CCN(C(C)C)CC2)cc1. The summed E-state index contributed by atoms with van der Waals surface area (Å²) in [6.07, 6.45) is 2.12. The highest BCUT2D eigenvalue weighted by Gasteiger charge is 2.26. The van der Waals surface area contributed by atoms with Gasteiger partial charge in [-0.05, 0) is 44.4 Å². The molecule has 4 nitrogen and oxygen atoms in total. The number of ether oxygens (including phenoxy) is 1. The van der Waals surface area contributed by atoms with Gasteiger partial charge in [0.25, 0.3) is 5.91 Å². The van der Waals surface area contributed by atoms with Gasteiger partial charge in [-0.2, -0.15) is 0 Å². The molecule has 22 heavy (non-hydrogen) atoms. The Morgan fingerprint density at radius 2 is 1.86 bits per heavy atom. The second kappa shape index (κ2) is 7.75. The van der Waals surface area contributed by atoms with Crippen molar-refractivity contribution in [1.29, 1.82) is 0 Å². The van der Waals surface area contributed by atoms with Crippen molar-refractivity contribution in [3.63, 3.8) is 0 Å². The number of amides is 1. The van der Waals surface area contributed by atoms with Gasteiger partial charge in [0.1, 0.15) is 0 Å². The summed E-state index contributed by atoms with van der Waals surface area (Å²) < 4.78 is 5.10. The Morgan fingerprint density at radius 1 is 1.27 bits per heavy atom. The number of benzene rings is 1. The van der Waals surface area contributed by atoms with E-state index in [1.54, 1.807) is 7.11 Å². The average molecular weight is 304 g/mol. The number of methoxy groups -OCH3 is 1. The highest BCUT2D eigenvalue weighted by molar-refractivity contribution is 5.94. The molecule has 2 rings (SSSR count). The van der Waals surface area contributed by atoms with E-state index in [9.17, 15) is 4.79 Å². The van der Waals surface area contributed by atoms with Crippen LogP contribution in [0, 0.1) is 0 Å². The van der Waals surface area contributed by atoms with Crippen LogP contribution in [-0.2, 0) is 11.3 Å². The van der Waals surface area contributed by atoms with E-state index in [2.05, 4.69) is 18.7 Å². The van der Waals surface area contributed by atoms with Crippen LogP contribution in [0.2, 0.25) is 0 Å². The smallest absolute Gasteiger partial charge is 0.253 e. The van der Waals surface area contributed by atoms with Crippen LogP contribution in [0.5, 0.6) is 0 Å². The van der Waals surface area contributed by atoms with Gasteiger partial charge in [0.15, 0.2) is 0 Å². The molecule has 0 unspecified atom stereocenters. The Morgan fingerprint density at radius 3 is 2.36 bits per heavy atom. The van der Waals surface area contributed by atoms with E-state index in [1.807, 2.05) is 36.2 Å². The minimum atomic E-state index is 0.118. The molecule has 0 atom stereocenters. The van der Waals surface area contributed by atoms with Crippen LogP contribution in [0.3, 0.4) is 0 Å². The molecule has 1 aliphatic heterocycles. The van der Waals surface area contributed by atoms with Crippen LogP contribution in [-0.4, -0.2) is 55.0 Å². The van der Waals surface area contributed by atoms with Gasteiger partial charge in [-0.15, -0.1) is 0 Å². The lowest BCUT2D eigenvalue weighted by molar-refractivity contribution is 0.0615. The maximum atomic E-state index is 12.6. The molecule has 0 spiro atoms. The zero-order chi connectivity index (χ0) is 16.1. The number of hydrogen-bond donors (Lipinski definition) is 0. The van der Waals surface area contributed by atoms with Crippen LogP contribution in [0.25, 0.3) is 0 Å². The highest BCUT2D eigenvalue weighted by atomic mass is 16.5. The standard InChI is InChI=1S/C18H28N2O2/c1-14(2)20-11-9-17(10-12-20)19(3)18(21)16-7-5-15(6-8-16)13-22-4/h5-8,14,17H,9-13H2,1-4H3. The number of likely N-dealkylation sites (tertiary alicyclic amines) is 1. The van der Waals surface area contributed by atoms with Crippen LogP contribution in [0.1, 0.15) is 42.6 Å². The third kappa shape index (κ3) is 4.08. The fraction of sp³-hybridized carbons (Fsp3) is 0.611. The highest BCUT2D eigenvalue weighted by Crippen LogP contribution is 2.19. The van der Waals surface area contributed by atoms with E-state index < -0.39 is 0 Å². The Kier molecular flexibility index (Phi) is 5.98. The third-order valence-corrected chi connectivity index (χ3v) is 4.61. The predicted octanol–water partition coefficient (Wildman–Crippen LogP) is 2.78. The Balaban J connectivity index is 1.94. The monoisotopic (exact) mass is 304 g/mol. The molecule has 0 aliphatic carbocycles. The molecule has 1 heterocycles. The van der Waals surface area contributed by atoms with E-state index in [4.69, 9.17) is 4.74 Å². The van der Waals surface area contributed by atoms with Gasteiger partial charge in [0, 0.05) is 44.9 Å². The van der Waals surface area contributed by atoms with Crippen LogP contribution < -0.4 is 0 Å². The van der Waals surface area contributed by atoms with Crippen molar-refractivity contribution in [3.8, 4) is 0 Å². The first-order chi connectivity index (χ1) is 10.5. The lowest BCUT2D eigenvalue weighted by atomic mass is 10.0. The van der Waals surface area contributed by atoms with Crippen LogP contribution >= 0.6 is 0 Å². The normalized spacial score (nSPS) is 17.0. The van der Waals surface area contributed by atoms with Gasteiger partial charge in [0.2, 0.25) is 0 Å². The van der Waals surface area contributed by atoms with E-state index >= 15 is 0 Å². The van der Waals surface area contributed by atoms with E-state index in [-0.39, 0.29) is 5.91 Å². The number of carbonyl (C=O) groups excluding carboxylic acids is 1. The molecule has 0 aromatic heterocycles. The molecule has 4 heteroatoms. The van der Waals surface area contributed by atoms with Crippen molar-refractivity contribution < 1.29 is 9.53 Å². The summed E-state index contributed by atoms with van der Waals surface area (Å²) in [4.78, 5) is 17.0. The number of hydrogen-bond acceptors (Lipinski definition) is 3. The molecule has 1 aliphatic rings. The summed E-state index contributed by atoms with van der Waals surface area (Å²) in [6.45, 7) is 7.20. The molecule has 0 N–H and O–H groups in total. The molecule has 1 fully saturated rings. The maximum absolute atomic E-state index is 12.6. The Bertz CT molecular complexity index is 476. The molecule has 1 amide bonds. The molecule has 122 valence electrons. The van der Waals surface area contributed by atoms with Gasteiger partial charge in [-0.3, -0.25) is 4.79 Å². The number of nitrogens with zero attached hydrogens (tertiary/aromatic N) is 2.